The summed E-state index contributed by atoms with van der Waals surface area (Å²) in [5.74, 6) is 0. The molecule has 1 saturated heterocycles. The molecule has 0 unspecified atom stereocenters. The lowest BCUT2D eigenvalue weighted by molar-refractivity contribution is 0.476. The Balaban J connectivity index is 1.88. The molecule has 1 fully saturated rings. The van der Waals surface area contributed by atoms with Crippen LogP contribution >= 0.6 is 11.3 Å². The lowest BCUT2D eigenvalue weighted by Gasteiger charge is -2.33. The smallest absolute Gasteiger partial charge is 0.0992 e. The number of aromatic nitrogens is 2. The SMILES string of the molecule is CC1(C)C=Cc2c(N3CCC3)sc(-c3ccn[nH]3)c2C1. The van der Waals surface area contributed by atoms with Gasteiger partial charge in [-0.05, 0) is 29.9 Å². The van der Waals surface area contributed by atoms with Gasteiger partial charge in [0.25, 0.3) is 0 Å². The molecule has 1 aliphatic heterocycles. The number of fused-ring (bicyclic) bond motifs is 1. The summed E-state index contributed by atoms with van der Waals surface area (Å²) in [5.41, 5.74) is 4.34. The van der Waals surface area contributed by atoms with E-state index in [1.807, 2.05) is 17.5 Å². The van der Waals surface area contributed by atoms with Crippen molar-refractivity contribution < 1.29 is 0 Å². The number of allylic oxidation sites excluding steroid dienone is 1. The molecule has 4 heteroatoms. The number of rotatable bonds is 2. The van der Waals surface area contributed by atoms with Crippen molar-refractivity contribution in [3.8, 4) is 10.6 Å². The van der Waals surface area contributed by atoms with Gasteiger partial charge < -0.3 is 4.90 Å². The van der Waals surface area contributed by atoms with Crippen molar-refractivity contribution in [3.05, 3.63) is 29.5 Å². The van der Waals surface area contributed by atoms with Crippen LogP contribution in [0.1, 0.15) is 31.4 Å². The molecular formula is C16H19N3S. The van der Waals surface area contributed by atoms with Gasteiger partial charge in [0.1, 0.15) is 0 Å². The van der Waals surface area contributed by atoms with Crippen LogP contribution in [0, 0.1) is 5.41 Å². The van der Waals surface area contributed by atoms with Crippen molar-refractivity contribution in [2.75, 3.05) is 18.0 Å². The Labute approximate surface area is 123 Å². The van der Waals surface area contributed by atoms with E-state index in [2.05, 4.69) is 47.2 Å². The average molecular weight is 285 g/mol. The molecule has 4 rings (SSSR count). The number of anilines is 1. The van der Waals surface area contributed by atoms with Crippen molar-refractivity contribution in [3.63, 3.8) is 0 Å². The Morgan fingerprint density at radius 2 is 2.20 bits per heavy atom. The first-order valence-electron chi connectivity index (χ1n) is 7.24. The molecule has 0 aromatic carbocycles. The zero-order valence-electron chi connectivity index (χ0n) is 11.9. The van der Waals surface area contributed by atoms with Crippen LogP contribution < -0.4 is 4.90 Å². The number of thiophene rings is 1. The van der Waals surface area contributed by atoms with Crippen LogP contribution in [0.5, 0.6) is 0 Å². The topological polar surface area (TPSA) is 31.9 Å². The van der Waals surface area contributed by atoms with Gasteiger partial charge in [0.15, 0.2) is 0 Å². The number of nitrogens with one attached hydrogen (secondary N) is 1. The van der Waals surface area contributed by atoms with Crippen LogP contribution in [-0.2, 0) is 6.42 Å². The number of hydrogen-bond acceptors (Lipinski definition) is 3. The van der Waals surface area contributed by atoms with Gasteiger partial charge in [-0.25, -0.2) is 0 Å². The lowest BCUT2D eigenvalue weighted by atomic mass is 9.79. The van der Waals surface area contributed by atoms with E-state index in [1.165, 1.54) is 40.5 Å². The first kappa shape index (κ1) is 12.2. The lowest BCUT2D eigenvalue weighted by Crippen LogP contribution is -2.36. The van der Waals surface area contributed by atoms with E-state index in [1.54, 1.807) is 0 Å². The van der Waals surface area contributed by atoms with E-state index in [-0.39, 0.29) is 5.41 Å². The molecule has 0 radical (unpaired) electrons. The van der Waals surface area contributed by atoms with Crippen molar-refractivity contribution >= 4 is 22.4 Å². The summed E-state index contributed by atoms with van der Waals surface area (Å²) >= 11 is 1.92. The Morgan fingerprint density at radius 1 is 1.35 bits per heavy atom. The fraction of sp³-hybridized carbons (Fsp3) is 0.438. The first-order valence-corrected chi connectivity index (χ1v) is 8.05. The molecule has 0 atom stereocenters. The highest BCUT2D eigenvalue weighted by molar-refractivity contribution is 7.20. The molecule has 2 aliphatic rings. The van der Waals surface area contributed by atoms with Gasteiger partial charge in [-0.3, -0.25) is 5.10 Å². The molecule has 0 saturated carbocycles. The number of H-pyrrole nitrogens is 1. The van der Waals surface area contributed by atoms with Crippen LogP contribution in [0.25, 0.3) is 16.6 Å². The van der Waals surface area contributed by atoms with Gasteiger partial charge in [-0.15, -0.1) is 11.3 Å². The van der Waals surface area contributed by atoms with Crippen LogP contribution in [-0.4, -0.2) is 23.3 Å². The van der Waals surface area contributed by atoms with E-state index in [4.69, 9.17) is 0 Å². The number of nitrogens with zero attached hydrogens (tertiary/aromatic N) is 2. The second-order valence-corrected chi connectivity index (χ2v) is 7.44. The minimum absolute atomic E-state index is 0.245. The zero-order valence-corrected chi connectivity index (χ0v) is 12.8. The van der Waals surface area contributed by atoms with Crippen LogP contribution in [0.2, 0.25) is 0 Å². The van der Waals surface area contributed by atoms with Gasteiger partial charge in [0.2, 0.25) is 0 Å². The predicted molar refractivity (Wildman–Crippen MR) is 85.2 cm³/mol. The normalized spacial score (nSPS) is 19.8. The summed E-state index contributed by atoms with van der Waals surface area (Å²) in [6.45, 7) is 7.02. The predicted octanol–water partition coefficient (Wildman–Crippen LogP) is 3.94. The summed E-state index contributed by atoms with van der Waals surface area (Å²) in [7, 11) is 0. The largest absolute Gasteiger partial charge is 0.363 e. The van der Waals surface area contributed by atoms with Crippen molar-refractivity contribution in [1.82, 2.24) is 10.2 Å². The zero-order chi connectivity index (χ0) is 13.7. The van der Waals surface area contributed by atoms with Crippen molar-refractivity contribution in [1.29, 1.82) is 0 Å². The third-order valence-corrected chi connectivity index (χ3v) is 5.59. The molecule has 3 nitrogen and oxygen atoms in total. The summed E-state index contributed by atoms with van der Waals surface area (Å²) in [6.07, 6.45) is 8.97. The molecule has 3 heterocycles. The van der Waals surface area contributed by atoms with Gasteiger partial charge >= 0.3 is 0 Å². The monoisotopic (exact) mass is 285 g/mol. The fourth-order valence-corrected chi connectivity index (χ4v) is 4.32. The second-order valence-electron chi connectivity index (χ2n) is 6.44. The maximum atomic E-state index is 4.12. The molecule has 2 aromatic rings. The first-order chi connectivity index (χ1) is 9.64. The minimum Gasteiger partial charge on any atom is -0.363 e. The quantitative estimate of drug-likeness (QED) is 0.906. The molecular weight excluding hydrogens is 266 g/mol. The minimum atomic E-state index is 0.245. The number of aromatic amines is 1. The standard InChI is InChI=1S/C16H19N3S/c1-16(2)6-4-11-12(10-16)14(13-5-7-17-18-13)20-15(11)19-8-3-9-19/h4-7H,3,8-10H2,1-2H3,(H,17,18). The van der Waals surface area contributed by atoms with Crippen LogP contribution in [0.3, 0.4) is 0 Å². The van der Waals surface area contributed by atoms with E-state index >= 15 is 0 Å². The van der Waals surface area contributed by atoms with Crippen molar-refractivity contribution in [2.24, 2.45) is 5.41 Å². The average Bonchev–Trinajstić information content (AvgIpc) is 2.93. The highest BCUT2D eigenvalue weighted by atomic mass is 32.1. The van der Waals surface area contributed by atoms with Gasteiger partial charge in [-0.2, -0.15) is 5.10 Å². The van der Waals surface area contributed by atoms with E-state index < -0.39 is 0 Å². The highest BCUT2D eigenvalue weighted by Crippen LogP contribution is 2.48. The van der Waals surface area contributed by atoms with E-state index in [9.17, 15) is 0 Å². The van der Waals surface area contributed by atoms with Crippen LogP contribution in [0.15, 0.2) is 18.3 Å². The van der Waals surface area contributed by atoms with Crippen LogP contribution in [0.4, 0.5) is 5.00 Å². The summed E-state index contributed by atoms with van der Waals surface area (Å²) in [5, 5.41) is 8.71. The molecule has 0 spiro atoms. The van der Waals surface area contributed by atoms with Gasteiger partial charge in [0.05, 0.1) is 15.6 Å². The Morgan fingerprint density at radius 3 is 2.85 bits per heavy atom. The third-order valence-electron chi connectivity index (χ3n) is 4.25. The maximum Gasteiger partial charge on any atom is 0.0992 e. The molecule has 20 heavy (non-hydrogen) atoms. The Bertz CT molecular complexity index is 660. The summed E-state index contributed by atoms with van der Waals surface area (Å²) in [4.78, 5) is 3.88. The second kappa shape index (κ2) is 4.22. The van der Waals surface area contributed by atoms with E-state index in [0.29, 0.717) is 0 Å². The van der Waals surface area contributed by atoms with Gasteiger partial charge in [0, 0.05) is 24.8 Å². The third kappa shape index (κ3) is 1.82. The van der Waals surface area contributed by atoms with Gasteiger partial charge in [-0.1, -0.05) is 26.0 Å². The molecule has 1 aliphatic carbocycles. The maximum absolute atomic E-state index is 4.12. The van der Waals surface area contributed by atoms with Crippen molar-refractivity contribution in [2.45, 2.75) is 26.7 Å². The Kier molecular flexibility index (Phi) is 2.58. The molecule has 1 N–H and O–H groups in total. The highest BCUT2D eigenvalue weighted by Gasteiger charge is 2.30. The summed E-state index contributed by atoms with van der Waals surface area (Å²) in [6, 6.07) is 2.08. The number of hydrogen-bond donors (Lipinski definition) is 1. The fourth-order valence-electron chi connectivity index (χ4n) is 2.99. The molecule has 104 valence electrons. The summed E-state index contributed by atoms with van der Waals surface area (Å²) < 4.78 is 0. The Hall–Kier alpha value is -1.55. The molecule has 0 amide bonds. The molecule has 2 aromatic heterocycles. The van der Waals surface area contributed by atoms with E-state index in [0.717, 1.165) is 12.1 Å². The molecule has 0 bridgehead atoms.